The Hall–Kier alpha value is -1.54. The van der Waals surface area contributed by atoms with Crippen molar-refractivity contribution in [2.75, 3.05) is 5.32 Å². The molecule has 0 unspecified atom stereocenters. The summed E-state index contributed by atoms with van der Waals surface area (Å²) < 4.78 is 26.3. The van der Waals surface area contributed by atoms with E-state index in [1.165, 1.54) is 0 Å². The van der Waals surface area contributed by atoms with E-state index < -0.39 is 14.8 Å². The van der Waals surface area contributed by atoms with Crippen LogP contribution in [0.3, 0.4) is 0 Å². The van der Waals surface area contributed by atoms with Gasteiger partial charge in [-0.2, -0.15) is 0 Å². The SMILES string of the molecule is CC(C)(C)S(=O)(=O)NC1CCC(C(=O)Nc2ncccn2)CC1. The highest BCUT2D eigenvalue weighted by atomic mass is 32.2. The second-order valence-electron chi connectivity index (χ2n) is 6.84. The topological polar surface area (TPSA) is 101 Å². The molecule has 2 N–H and O–H groups in total. The second-order valence-corrected chi connectivity index (χ2v) is 9.31. The summed E-state index contributed by atoms with van der Waals surface area (Å²) in [5.41, 5.74) is 0. The van der Waals surface area contributed by atoms with Gasteiger partial charge >= 0.3 is 0 Å². The molecule has 0 aliphatic heterocycles. The molecule has 0 atom stereocenters. The highest BCUT2D eigenvalue weighted by molar-refractivity contribution is 7.90. The lowest BCUT2D eigenvalue weighted by molar-refractivity contribution is -0.120. The van der Waals surface area contributed by atoms with Gasteiger partial charge in [0.2, 0.25) is 21.9 Å². The normalized spacial score (nSPS) is 22.6. The van der Waals surface area contributed by atoms with Crippen LogP contribution in [-0.4, -0.2) is 35.1 Å². The van der Waals surface area contributed by atoms with Crippen molar-refractivity contribution in [3.8, 4) is 0 Å². The standard InChI is InChI=1S/C15H24N4O3S/c1-15(2,3)23(21,22)19-12-7-5-11(6-8-12)13(20)18-14-16-9-4-10-17-14/h4,9-12,19H,5-8H2,1-3H3,(H,16,17,18,20). The molecule has 23 heavy (non-hydrogen) atoms. The van der Waals surface area contributed by atoms with Gasteiger partial charge in [-0.3, -0.25) is 10.1 Å². The fraction of sp³-hybridized carbons (Fsp3) is 0.667. The highest BCUT2D eigenvalue weighted by Gasteiger charge is 2.34. The third kappa shape index (κ3) is 4.71. The summed E-state index contributed by atoms with van der Waals surface area (Å²) in [5, 5.41) is 2.70. The summed E-state index contributed by atoms with van der Waals surface area (Å²) in [6.45, 7) is 5.02. The first-order valence-electron chi connectivity index (χ1n) is 7.79. The maximum atomic E-state index is 12.2. The minimum Gasteiger partial charge on any atom is -0.294 e. The van der Waals surface area contributed by atoms with Crippen molar-refractivity contribution in [3.05, 3.63) is 18.5 Å². The van der Waals surface area contributed by atoms with E-state index in [0.29, 0.717) is 31.6 Å². The maximum Gasteiger partial charge on any atom is 0.229 e. The number of anilines is 1. The number of carbonyl (C=O) groups excluding carboxylic acids is 1. The quantitative estimate of drug-likeness (QED) is 0.868. The predicted molar refractivity (Wildman–Crippen MR) is 88.2 cm³/mol. The number of aromatic nitrogens is 2. The number of rotatable bonds is 4. The summed E-state index contributed by atoms with van der Waals surface area (Å²) in [6.07, 6.45) is 5.75. The number of hydrogen-bond acceptors (Lipinski definition) is 5. The van der Waals surface area contributed by atoms with Crippen LogP contribution in [0.1, 0.15) is 46.5 Å². The van der Waals surface area contributed by atoms with Gasteiger partial charge in [0.05, 0.1) is 4.75 Å². The second kappa shape index (κ2) is 6.92. The van der Waals surface area contributed by atoms with Crippen molar-refractivity contribution in [2.45, 2.75) is 57.2 Å². The Morgan fingerprint density at radius 2 is 1.70 bits per heavy atom. The van der Waals surface area contributed by atoms with Crippen molar-refractivity contribution < 1.29 is 13.2 Å². The van der Waals surface area contributed by atoms with Crippen LogP contribution >= 0.6 is 0 Å². The van der Waals surface area contributed by atoms with E-state index in [-0.39, 0.29) is 17.9 Å². The number of carbonyl (C=O) groups is 1. The smallest absolute Gasteiger partial charge is 0.229 e. The Bertz CT molecular complexity index is 632. The molecule has 1 aliphatic rings. The molecule has 0 saturated heterocycles. The van der Waals surface area contributed by atoms with Gasteiger partial charge in [-0.05, 0) is 52.5 Å². The molecule has 0 aromatic carbocycles. The molecular weight excluding hydrogens is 316 g/mol. The molecular formula is C15H24N4O3S. The number of hydrogen-bond donors (Lipinski definition) is 2. The monoisotopic (exact) mass is 340 g/mol. The number of nitrogens with zero attached hydrogens (tertiary/aromatic N) is 2. The van der Waals surface area contributed by atoms with Gasteiger partial charge in [0, 0.05) is 24.4 Å². The van der Waals surface area contributed by atoms with Crippen LogP contribution in [0.2, 0.25) is 0 Å². The molecule has 1 aliphatic carbocycles. The molecule has 8 heteroatoms. The van der Waals surface area contributed by atoms with Crippen LogP contribution in [0.4, 0.5) is 5.95 Å². The van der Waals surface area contributed by atoms with Crippen molar-refractivity contribution in [1.29, 1.82) is 0 Å². The number of amides is 1. The number of sulfonamides is 1. The summed E-state index contributed by atoms with van der Waals surface area (Å²) >= 11 is 0. The van der Waals surface area contributed by atoms with Crippen LogP contribution in [0.25, 0.3) is 0 Å². The van der Waals surface area contributed by atoms with E-state index in [9.17, 15) is 13.2 Å². The number of nitrogens with one attached hydrogen (secondary N) is 2. The summed E-state index contributed by atoms with van der Waals surface area (Å²) in [4.78, 5) is 20.1. The summed E-state index contributed by atoms with van der Waals surface area (Å²) in [7, 11) is -3.35. The molecule has 1 saturated carbocycles. The summed E-state index contributed by atoms with van der Waals surface area (Å²) in [5.74, 6) is 0.0654. The molecule has 1 aromatic rings. The third-order valence-electron chi connectivity index (χ3n) is 4.03. The van der Waals surface area contributed by atoms with Crippen molar-refractivity contribution in [3.63, 3.8) is 0 Å². The Morgan fingerprint density at radius 1 is 1.13 bits per heavy atom. The van der Waals surface area contributed by atoms with Crippen LogP contribution in [-0.2, 0) is 14.8 Å². The first-order chi connectivity index (χ1) is 10.7. The van der Waals surface area contributed by atoms with Gasteiger partial charge < -0.3 is 0 Å². The Kier molecular flexibility index (Phi) is 5.36. The Balaban J connectivity index is 1.85. The van der Waals surface area contributed by atoms with Gasteiger partial charge in [0.15, 0.2) is 0 Å². The van der Waals surface area contributed by atoms with E-state index in [1.807, 2.05) is 0 Å². The molecule has 1 amide bonds. The molecule has 1 aromatic heterocycles. The van der Waals surface area contributed by atoms with Crippen molar-refractivity contribution >= 4 is 21.9 Å². The minimum atomic E-state index is -3.35. The van der Waals surface area contributed by atoms with Crippen LogP contribution in [0.5, 0.6) is 0 Å². The van der Waals surface area contributed by atoms with Gasteiger partial charge in [0.1, 0.15) is 0 Å². The average Bonchev–Trinajstić information content (AvgIpc) is 2.47. The zero-order chi connectivity index (χ0) is 17.1. The molecule has 7 nitrogen and oxygen atoms in total. The fourth-order valence-electron chi connectivity index (χ4n) is 2.45. The van der Waals surface area contributed by atoms with Gasteiger partial charge in [-0.1, -0.05) is 0 Å². The molecule has 1 fully saturated rings. The zero-order valence-corrected chi connectivity index (χ0v) is 14.6. The van der Waals surface area contributed by atoms with Crippen molar-refractivity contribution in [2.24, 2.45) is 5.92 Å². The molecule has 0 bridgehead atoms. The lowest BCUT2D eigenvalue weighted by Crippen LogP contribution is -2.46. The highest BCUT2D eigenvalue weighted by Crippen LogP contribution is 2.27. The van der Waals surface area contributed by atoms with E-state index in [1.54, 1.807) is 39.2 Å². The molecule has 0 spiro atoms. The van der Waals surface area contributed by atoms with Crippen LogP contribution in [0.15, 0.2) is 18.5 Å². The van der Waals surface area contributed by atoms with Gasteiger partial charge in [-0.15, -0.1) is 0 Å². The summed E-state index contributed by atoms with van der Waals surface area (Å²) in [6, 6.07) is 1.58. The van der Waals surface area contributed by atoms with E-state index in [0.717, 1.165) is 0 Å². The Labute approximate surface area is 137 Å². The molecule has 0 radical (unpaired) electrons. The van der Waals surface area contributed by atoms with Crippen LogP contribution in [0, 0.1) is 5.92 Å². The average molecular weight is 340 g/mol. The fourth-order valence-corrected chi connectivity index (χ4v) is 3.47. The van der Waals surface area contributed by atoms with E-state index in [2.05, 4.69) is 20.0 Å². The predicted octanol–water partition coefficient (Wildman–Crippen LogP) is 1.69. The third-order valence-corrected chi connectivity index (χ3v) is 6.28. The minimum absolute atomic E-state index is 0.101. The molecule has 1 heterocycles. The largest absolute Gasteiger partial charge is 0.294 e. The van der Waals surface area contributed by atoms with Gasteiger partial charge in [0.25, 0.3) is 0 Å². The van der Waals surface area contributed by atoms with Crippen LogP contribution < -0.4 is 10.0 Å². The van der Waals surface area contributed by atoms with E-state index >= 15 is 0 Å². The lowest BCUT2D eigenvalue weighted by Gasteiger charge is -2.30. The van der Waals surface area contributed by atoms with Gasteiger partial charge in [-0.25, -0.2) is 23.1 Å². The molecule has 128 valence electrons. The van der Waals surface area contributed by atoms with Crippen molar-refractivity contribution in [1.82, 2.24) is 14.7 Å². The first-order valence-corrected chi connectivity index (χ1v) is 9.27. The molecule has 2 rings (SSSR count). The lowest BCUT2D eigenvalue weighted by atomic mass is 9.86. The maximum absolute atomic E-state index is 12.2. The van der Waals surface area contributed by atoms with E-state index in [4.69, 9.17) is 0 Å². The zero-order valence-electron chi connectivity index (χ0n) is 13.7. The Morgan fingerprint density at radius 3 is 2.22 bits per heavy atom. The first kappa shape index (κ1) is 17.8.